The molecule has 3 heteroatoms. The Morgan fingerprint density at radius 3 is 2.35 bits per heavy atom. The molecule has 2 aromatic rings. The summed E-state index contributed by atoms with van der Waals surface area (Å²) < 4.78 is 18.9. The smallest absolute Gasteiger partial charge is 0.127 e. The van der Waals surface area contributed by atoms with E-state index in [1.165, 1.54) is 11.6 Å². The summed E-state index contributed by atoms with van der Waals surface area (Å²) in [5.74, 6) is 1.16. The summed E-state index contributed by atoms with van der Waals surface area (Å²) in [6.45, 7) is 3.80. The van der Waals surface area contributed by atoms with Crippen LogP contribution in [0.1, 0.15) is 24.5 Å². The quantitative estimate of drug-likeness (QED) is 0.885. The fraction of sp³-hybridized carbons (Fsp3) is 0.294. The molecule has 2 rings (SSSR count). The van der Waals surface area contributed by atoms with Gasteiger partial charge in [-0.15, -0.1) is 0 Å². The van der Waals surface area contributed by atoms with Gasteiger partial charge in [-0.2, -0.15) is 0 Å². The number of hydrogen-bond acceptors (Lipinski definition) is 2. The van der Waals surface area contributed by atoms with Crippen LogP contribution in [0.15, 0.2) is 42.5 Å². The van der Waals surface area contributed by atoms with Crippen LogP contribution in [0, 0.1) is 12.7 Å². The molecule has 1 unspecified atom stereocenters. The van der Waals surface area contributed by atoms with E-state index in [0.717, 1.165) is 18.6 Å². The van der Waals surface area contributed by atoms with Crippen molar-refractivity contribution in [3.63, 3.8) is 0 Å². The molecule has 0 spiro atoms. The molecule has 106 valence electrons. The van der Waals surface area contributed by atoms with Crippen LogP contribution in [-0.2, 0) is 6.42 Å². The van der Waals surface area contributed by atoms with Gasteiger partial charge >= 0.3 is 0 Å². The Morgan fingerprint density at radius 1 is 1.10 bits per heavy atom. The van der Waals surface area contributed by atoms with Crippen LogP contribution in [-0.4, -0.2) is 6.04 Å². The number of hydrogen-bond donors (Lipinski definition) is 1. The van der Waals surface area contributed by atoms with Gasteiger partial charge in [-0.3, -0.25) is 0 Å². The van der Waals surface area contributed by atoms with E-state index in [4.69, 9.17) is 10.5 Å². The predicted octanol–water partition coefficient (Wildman–Crippen LogP) is 4.21. The first-order chi connectivity index (χ1) is 9.58. The van der Waals surface area contributed by atoms with E-state index in [0.29, 0.717) is 11.3 Å². The molecule has 2 N–H and O–H groups in total. The number of ether oxygens (including phenoxy) is 1. The van der Waals surface area contributed by atoms with Crippen molar-refractivity contribution < 1.29 is 9.13 Å². The summed E-state index contributed by atoms with van der Waals surface area (Å²) in [7, 11) is 0. The standard InChI is InChI=1S/C17H20FNO/c1-3-14(19)11-13-4-6-15(7-5-13)20-16-8-9-17(18)12(2)10-16/h4-10,14H,3,11,19H2,1-2H3. The van der Waals surface area contributed by atoms with Gasteiger partial charge in [-0.1, -0.05) is 19.1 Å². The normalized spacial score (nSPS) is 12.2. The van der Waals surface area contributed by atoms with Crippen molar-refractivity contribution in [2.45, 2.75) is 32.7 Å². The minimum absolute atomic E-state index is 0.196. The molecule has 0 amide bonds. The fourth-order valence-corrected chi connectivity index (χ4v) is 1.96. The van der Waals surface area contributed by atoms with Gasteiger partial charge in [-0.05, 0) is 61.2 Å². The van der Waals surface area contributed by atoms with E-state index < -0.39 is 0 Å². The lowest BCUT2D eigenvalue weighted by Crippen LogP contribution is -2.21. The largest absolute Gasteiger partial charge is 0.457 e. The minimum Gasteiger partial charge on any atom is -0.457 e. The number of benzene rings is 2. The monoisotopic (exact) mass is 273 g/mol. The van der Waals surface area contributed by atoms with Crippen LogP contribution >= 0.6 is 0 Å². The lowest BCUT2D eigenvalue weighted by molar-refractivity contribution is 0.479. The maximum absolute atomic E-state index is 13.2. The predicted molar refractivity (Wildman–Crippen MR) is 79.6 cm³/mol. The van der Waals surface area contributed by atoms with Gasteiger partial charge in [-0.25, -0.2) is 4.39 Å². The van der Waals surface area contributed by atoms with E-state index >= 15 is 0 Å². The summed E-state index contributed by atoms with van der Waals surface area (Å²) in [5, 5.41) is 0. The Kier molecular flexibility index (Phi) is 4.74. The fourth-order valence-electron chi connectivity index (χ4n) is 1.96. The minimum atomic E-state index is -0.221. The third kappa shape index (κ3) is 3.81. The highest BCUT2D eigenvalue weighted by Crippen LogP contribution is 2.24. The van der Waals surface area contributed by atoms with Gasteiger partial charge in [0.05, 0.1) is 0 Å². The van der Waals surface area contributed by atoms with Gasteiger partial charge in [0.2, 0.25) is 0 Å². The lowest BCUT2D eigenvalue weighted by atomic mass is 10.0. The second-order valence-electron chi connectivity index (χ2n) is 5.03. The van der Waals surface area contributed by atoms with Crippen LogP contribution in [0.5, 0.6) is 11.5 Å². The molecular weight excluding hydrogens is 253 g/mol. The number of rotatable bonds is 5. The van der Waals surface area contributed by atoms with E-state index in [1.54, 1.807) is 19.1 Å². The van der Waals surface area contributed by atoms with E-state index in [-0.39, 0.29) is 11.9 Å². The van der Waals surface area contributed by atoms with Crippen LogP contribution in [0.3, 0.4) is 0 Å². The summed E-state index contributed by atoms with van der Waals surface area (Å²) in [5.41, 5.74) is 7.70. The second kappa shape index (κ2) is 6.53. The Bertz CT molecular complexity index is 566. The van der Waals surface area contributed by atoms with Crippen molar-refractivity contribution in [3.05, 3.63) is 59.4 Å². The van der Waals surface area contributed by atoms with Crippen LogP contribution in [0.25, 0.3) is 0 Å². The molecule has 2 aromatic carbocycles. The number of nitrogens with two attached hydrogens (primary N) is 1. The maximum Gasteiger partial charge on any atom is 0.127 e. The number of halogens is 1. The zero-order valence-corrected chi connectivity index (χ0v) is 11.9. The molecule has 0 aliphatic heterocycles. The Morgan fingerprint density at radius 2 is 1.75 bits per heavy atom. The second-order valence-corrected chi connectivity index (χ2v) is 5.03. The van der Waals surface area contributed by atoms with Crippen molar-refractivity contribution in [2.75, 3.05) is 0 Å². The lowest BCUT2D eigenvalue weighted by Gasteiger charge is -2.10. The van der Waals surface area contributed by atoms with Crippen molar-refractivity contribution in [3.8, 4) is 11.5 Å². The molecule has 0 aliphatic carbocycles. The molecule has 2 nitrogen and oxygen atoms in total. The van der Waals surface area contributed by atoms with Crippen molar-refractivity contribution in [1.29, 1.82) is 0 Å². The summed E-state index contributed by atoms with van der Waals surface area (Å²) >= 11 is 0. The van der Waals surface area contributed by atoms with E-state index in [9.17, 15) is 4.39 Å². The zero-order valence-electron chi connectivity index (χ0n) is 11.9. The van der Waals surface area contributed by atoms with Crippen molar-refractivity contribution in [2.24, 2.45) is 5.73 Å². The first-order valence-electron chi connectivity index (χ1n) is 6.87. The van der Waals surface area contributed by atoms with Gasteiger partial charge in [0.1, 0.15) is 17.3 Å². The molecule has 0 aliphatic rings. The molecular formula is C17H20FNO. The van der Waals surface area contributed by atoms with Crippen LogP contribution in [0.4, 0.5) is 4.39 Å². The average molecular weight is 273 g/mol. The maximum atomic E-state index is 13.2. The molecule has 0 aromatic heterocycles. The number of aryl methyl sites for hydroxylation is 1. The molecule has 20 heavy (non-hydrogen) atoms. The average Bonchev–Trinajstić information content (AvgIpc) is 2.45. The highest BCUT2D eigenvalue weighted by molar-refractivity contribution is 5.35. The van der Waals surface area contributed by atoms with Gasteiger partial charge in [0.25, 0.3) is 0 Å². The summed E-state index contributed by atoms with van der Waals surface area (Å²) in [6.07, 6.45) is 1.83. The molecule has 1 atom stereocenters. The first-order valence-corrected chi connectivity index (χ1v) is 6.87. The summed E-state index contributed by atoms with van der Waals surface area (Å²) in [4.78, 5) is 0. The van der Waals surface area contributed by atoms with Crippen molar-refractivity contribution in [1.82, 2.24) is 0 Å². The topological polar surface area (TPSA) is 35.2 Å². The Labute approximate surface area is 119 Å². The van der Waals surface area contributed by atoms with E-state index in [1.807, 2.05) is 24.3 Å². The molecule has 0 radical (unpaired) electrons. The van der Waals surface area contributed by atoms with Crippen molar-refractivity contribution >= 4 is 0 Å². The first kappa shape index (κ1) is 14.5. The molecule has 0 bridgehead atoms. The van der Waals surface area contributed by atoms with Crippen LogP contribution < -0.4 is 10.5 Å². The summed E-state index contributed by atoms with van der Waals surface area (Å²) in [6, 6.07) is 12.8. The zero-order chi connectivity index (χ0) is 14.5. The third-order valence-electron chi connectivity index (χ3n) is 3.31. The molecule has 0 saturated heterocycles. The van der Waals surface area contributed by atoms with Crippen LogP contribution in [0.2, 0.25) is 0 Å². The van der Waals surface area contributed by atoms with Gasteiger partial charge in [0.15, 0.2) is 0 Å². The highest BCUT2D eigenvalue weighted by atomic mass is 19.1. The van der Waals surface area contributed by atoms with Gasteiger partial charge in [0, 0.05) is 6.04 Å². The molecule has 0 saturated carbocycles. The third-order valence-corrected chi connectivity index (χ3v) is 3.31. The molecule has 0 fully saturated rings. The Hall–Kier alpha value is -1.87. The highest BCUT2D eigenvalue weighted by Gasteiger charge is 2.04. The van der Waals surface area contributed by atoms with E-state index in [2.05, 4.69) is 6.92 Å². The Balaban J connectivity index is 2.04. The SMILES string of the molecule is CCC(N)Cc1ccc(Oc2ccc(F)c(C)c2)cc1. The van der Waals surface area contributed by atoms with Gasteiger partial charge < -0.3 is 10.5 Å². The molecule has 0 heterocycles.